The molecule has 1 heterocycles. The predicted molar refractivity (Wildman–Crippen MR) is 106 cm³/mol. The average Bonchev–Trinajstić information content (AvgIpc) is 2.69. The zero-order valence-electron chi connectivity index (χ0n) is 16.7. The van der Waals surface area contributed by atoms with Crippen LogP contribution in [0.5, 0.6) is 0 Å². The topological polar surface area (TPSA) is 81.8 Å². The molecule has 1 atom stereocenters. The second-order valence-electron chi connectivity index (χ2n) is 6.84. The molecule has 1 fully saturated rings. The van der Waals surface area contributed by atoms with Gasteiger partial charge in [0.15, 0.2) is 0 Å². The maximum absolute atomic E-state index is 12.8. The van der Waals surface area contributed by atoms with Gasteiger partial charge < -0.3 is 20.4 Å². The van der Waals surface area contributed by atoms with E-state index in [1.54, 1.807) is 29.0 Å². The Morgan fingerprint density at radius 2 is 1.93 bits per heavy atom. The van der Waals surface area contributed by atoms with Gasteiger partial charge in [-0.05, 0) is 51.3 Å². The van der Waals surface area contributed by atoms with Crippen LogP contribution in [0, 0.1) is 12.8 Å². The molecule has 0 aromatic heterocycles. The number of hydrogen-bond acceptors (Lipinski definition) is 3. The van der Waals surface area contributed by atoms with Gasteiger partial charge in [-0.2, -0.15) is 0 Å². The lowest BCUT2D eigenvalue weighted by Gasteiger charge is -2.35. The van der Waals surface area contributed by atoms with Gasteiger partial charge in [0.2, 0.25) is 5.91 Å². The van der Waals surface area contributed by atoms with Crippen LogP contribution in [0.1, 0.15) is 42.6 Å². The maximum Gasteiger partial charge on any atom is 0.320 e. The number of amides is 4. The smallest absolute Gasteiger partial charge is 0.320 e. The summed E-state index contributed by atoms with van der Waals surface area (Å²) in [6, 6.07) is 5.23. The van der Waals surface area contributed by atoms with E-state index < -0.39 is 0 Å². The molecule has 4 amide bonds. The zero-order valence-corrected chi connectivity index (χ0v) is 16.7. The van der Waals surface area contributed by atoms with Crippen molar-refractivity contribution in [2.45, 2.75) is 33.6 Å². The number of piperidine rings is 1. The lowest BCUT2D eigenvalue weighted by Crippen LogP contribution is -2.49. The largest absolute Gasteiger partial charge is 0.355 e. The van der Waals surface area contributed by atoms with Crippen LogP contribution in [0.15, 0.2) is 18.2 Å². The third-order valence-electron chi connectivity index (χ3n) is 5.08. The minimum absolute atomic E-state index is 0.00436. The second-order valence-corrected chi connectivity index (χ2v) is 6.84. The van der Waals surface area contributed by atoms with Gasteiger partial charge in [-0.1, -0.05) is 6.07 Å². The van der Waals surface area contributed by atoms with E-state index in [-0.39, 0.29) is 23.8 Å². The summed E-state index contributed by atoms with van der Waals surface area (Å²) in [5.41, 5.74) is 2.02. The highest BCUT2D eigenvalue weighted by Gasteiger charge is 2.30. The maximum atomic E-state index is 12.8. The number of rotatable bonds is 5. The second kappa shape index (κ2) is 9.39. The third kappa shape index (κ3) is 4.99. The molecular weight excluding hydrogens is 344 g/mol. The van der Waals surface area contributed by atoms with Gasteiger partial charge in [0, 0.05) is 44.5 Å². The number of aryl methyl sites for hydroxylation is 1. The van der Waals surface area contributed by atoms with Gasteiger partial charge in [0.25, 0.3) is 5.91 Å². The summed E-state index contributed by atoms with van der Waals surface area (Å²) in [6.45, 7) is 8.23. The van der Waals surface area contributed by atoms with Crippen molar-refractivity contribution in [3.05, 3.63) is 29.3 Å². The molecule has 27 heavy (non-hydrogen) atoms. The van der Waals surface area contributed by atoms with Gasteiger partial charge in [-0.15, -0.1) is 0 Å². The molecule has 1 saturated heterocycles. The summed E-state index contributed by atoms with van der Waals surface area (Å²) >= 11 is 0. The van der Waals surface area contributed by atoms with E-state index in [1.807, 2.05) is 26.8 Å². The highest BCUT2D eigenvalue weighted by atomic mass is 16.2. The van der Waals surface area contributed by atoms with E-state index in [2.05, 4.69) is 10.6 Å². The molecule has 1 aromatic carbocycles. The first-order valence-corrected chi connectivity index (χ1v) is 9.58. The molecule has 1 aliphatic heterocycles. The van der Waals surface area contributed by atoms with Crippen LogP contribution >= 0.6 is 0 Å². The Kier molecular flexibility index (Phi) is 7.21. The summed E-state index contributed by atoms with van der Waals surface area (Å²) < 4.78 is 0. The molecule has 0 aliphatic carbocycles. The molecule has 7 heteroatoms. The third-order valence-corrected chi connectivity index (χ3v) is 5.08. The van der Waals surface area contributed by atoms with E-state index >= 15 is 0 Å². The first-order chi connectivity index (χ1) is 12.9. The first-order valence-electron chi connectivity index (χ1n) is 9.58. The fraction of sp³-hybridized carbons (Fsp3) is 0.550. The fourth-order valence-electron chi connectivity index (χ4n) is 3.34. The molecule has 0 spiro atoms. The summed E-state index contributed by atoms with van der Waals surface area (Å²) in [7, 11) is 1.57. The van der Waals surface area contributed by atoms with Gasteiger partial charge in [-0.25, -0.2) is 4.79 Å². The van der Waals surface area contributed by atoms with Crippen molar-refractivity contribution in [1.82, 2.24) is 15.1 Å². The normalized spacial score (nSPS) is 16.6. The van der Waals surface area contributed by atoms with Crippen LogP contribution in [0.2, 0.25) is 0 Å². The quantitative estimate of drug-likeness (QED) is 0.831. The summed E-state index contributed by atoms with van der Waals surface area (Å²) in [4.78, 5) is 40.7. The number of carbonyl (C=O) groups is 3. The van der Waals surface area contributed by atoms with Crippen LogP contribution in [0.25, 0.3) is 0 Å². The van der Waals surface area contributed by atoms with E-state index in [9.17, 15) is 14.4 Å². The van der Waals surface area contributed by atoms with Crippen molar-refractivity contribution in [3.63, 3.8) is 0 Å². The molecule has 1 unspecified atom stereocenters. The number of carbonyl (C=O) groups excluding carboxylic acids is 3. The lowest BCUT2D eigenvalue weighted by molar-refractivity contribution is -0.121. The first kappa shape index (κ1) is 20.7. The number of benzene rings is 1. The highest BCUT2D eigenvalue weighted by Crippen LogP contribution is 2.22. The molecule has 0 radical (unpaired) electrons. The lowest BCUT2D eigenvalue weighted by atomic mass is 9.97. The van der Waals surface area contributed by atoms with Crippen LogP contribution in [-0.2, 0) is 4.79 Å². The molecule has 0 saturated carbocycles. The fourth-order valence-corrected chi connectivity index (χ4v) is 3.34. The van der Waals surface area contributed by atoms with Crippen molar-refractivity contribution in [2.75, 3.05) is 38.5 Å². The molecule has 0 bridgehead atoms. The minimum Gasteiger partial charge on any atom is -0.355 e. The van der Waals surface area contributed by atoms with Crippen LogP contribution in [-0.4, -0.2) is 60.9 Å². The molecule has 148 valence electrons. The van der Waals surface area contributed by atoms with Crippen molar-refractivity contribution in [3.8, 4) is 0 Å². The molecule has 2 N–H and O–H groups in total. The van der Waals surface area contributed by atoms with Crippen molar-refractivity contribution >= 4 is 23.5 Å². The average molecular weight is 374 g/mol. The molecular formula is C20H30N4O3. The number of hydrogen-bond donors (Lipinski definition) is 2. The van der Waals surface area contributed by atoms with E-state index in [0.717, 1.165) is 18.4 Å². The van der Waals surface area contributed by atoms with E-state index in [1.165, 1.54) is 0 Å². The molecule has 1 aromatic rings. The molecule has 2 rings (SSSR count). The Hall–Kier alpha value is -2.57. The Morgan fingerprint density at radius 3 is 2.56 bits per heavy atom. The van der Waals surface area contributed by atoms with Crippen LogP contribution in [0.4, 0.5) is 10.5 Å². The number of anilines is 1. The van der Waals surface area contributed by atoms with Gasteiger partial charge >= 0.3 is 6.03 Å². The Bertz CT molecular complexity index is 700. The number of likely N-dealkylation sites (tertiary alicyclic amines) is 1. The van der Waals surface area contributed by atoms with E-state index in [0.29, 0.717) is 37.4 Å². The summed E-state index contributed by atoms with van der Waals surface area (Å²) in [6.07, 6.45) is 1.56. The van der Waals surface area contributed by atoms with Gasteiger partial charge in [0.1, 0.15) is 0 Å². The number of nitrogens with zero attached hydrogens (tertiary/aromatic N) is 2. The standard InChI is InChI=1S/C20H30N4O3/c1-5-23(6-2)20(27)24-11-7-8-16(13-24)19(26)22-17-12-15(18(25)21-4)10-9-14(17)3/h9-10,12,16H,5-8,11,13H2,1-4H3,(H,21,25)(H,22,26). The van der Waals surface area contributed by atoms with Crippen molar-refractivity contribution in [2.24, 2.45) is 5.92 Å². The van der Waals surface area contributed by atoms with Gasteiger partial charge in [0.05, 0.1) is 5.92 Å². The summed E-state index contributed by atoms with van der Waals surface area (Å²) in [5, 5.41) is 5.53. The van der Waals surface area contributed by atoms with Gasteiger partial charge in [-0.3, -0.25) is 9.59 Å². The molecule has 7 nitrogen and oxygen atoms in total. The number of nitrogens with one attached hydrogen (secondary N) is 2. The summed E-state index contributed by atoms with van der Waals surface area (Å²) in [5.74, 6) is -0.551. The van der Waals surface area contributed by atoms with E-state index in [4.69, 9.17) is 0 Å². The predicted octanol–water partition coefficient (Wildman–Crippen LogP) is 2.47. The monoisotopic (exact) mass is 374 g/mol. The van der Waals surface area contributed by atoms with Crippen molar-refractivity contribution in [1.29, 1.82) is 0 Å². The minimum atomic E-state index is -0.249. The Morgan fingerprint density at radius 1 is 1.22 bits per heavy atom. The SMILES string of the molecule is CCN(CC)C(=O)N1CCCC(C(=O)Nc2cc(C(=O)NC)ccc2C)C1. The highest BCUT2D eigenvalue weighted by molar-refractivity contribution is 5.98. The number of urea groups is 1. The van der Waals surface area contributed by atoms with Crippen LogP contribution in [0.3, 0.4) is 0 Å². The zero-order chi connectivity index (χ0) is 20.0. The van der Waals surface area contributed by atoms with Crippen molar-refractivity contribution < 1.29 is 14.4 Å². The van der Waals surface area contributed by atoms with Crippen LogP contribution < -0.4 is 10.6 Å². The Balaban J connectivity index is 2.07. The Labute approximate surface area is 161 Å². The molecule has 1 aliphatic rings.